The Kier molecular flexibility index (Phi) is 20.8. The Hall–Kier alpha value is -6.05. The molecule has 416 valence electrons. The number of hydrogen-bond donors (Lipinski definition) is 4. The van der Waals surface area contributed by atoms with Gasteiger partial charge in [-0.3, -0.25) is 38.4 Å². The van der Waals surface area contributed by atoms with Crippen molar-refractivity contribution >= 4 is 53.3 Å². The summed E-state index contributed by atoms with van der Waals surface area (Å²) in [5.74, 6) is -6.95. The van der Waals surface area contributed by atoms with Crippen molar-refractivity contribution in [1.29, 1.82) is 0 Å². The SMILES string of the molecule is C=CC(=O)N1CCCC12CCN(C(CC(C)C)C(=O)N[C@@H]1C(=O)N[C@H]([C@@H](C)CC)[C@@H](O)CC(=O)O[C@@H](C(C)C)C(=O)N[C@@H](CC(C)C)C(=O)N3CCC[C@H]3C(=O)N(C)[C@@H](Cc3ccc(OC)cc3)C(=O)O[C@@H]1C)C2=O. The van der Waals surface area contributed by atoms with E-state index in [4.69, 9.17) is 14.2 Å². The van der Waals surface area contributed by atoms with Crippen molar-refractivity contribution in [3.8, 4) is 5.75 Å². The molecule has 75 heavy (non-hydrogen) atoms. The molecule has 4 heterocycles. The highest BCUT2D eigenvalue weighted by Gasteiger charge is 2.57. The molecule has 1 aromatic rings. The van der Waals surface area contributed by atoms with E-state index in [0.29, 0.717) is 43.5 Å². The molecule has 0 saturated carbocycles. The fourth-order valence-electron chi connectivity index (χ4n) is 11.0. The van der Waals surface area contributed by atoms with Gasteiger partial charge in [0.25, 0.3) is 5.91 Å². The first kappa shape index (κ1) is 59.8. The van der Waals surface area contributed by atoms with Crippen molar-refractivity contribution in [3.05, 3.63) is 42.5 Å². The largest absolute Gasteiger partial charge is 0.497 e. The Morgan fingerprint density at radius 1 is 0.907 bits per heavy atom. The molecule has 1 spiro atoms. The van der Waals surface area contributed by atoms with Crippen LogP contribution in [0, 0.1) is 23.7 Å². The number of likely N-dealkylation sites (tertiary alicyclic amines) is 2. The highest BCUT2D eigenvalue weighted by Crippen LogP contribution is 2.40. The first-order valence-electron chi connectivity index (χ1n) is 26.8. The third kappa shape index (κ3) is 14.1. The van der Waals surface area contributed by atoms with Gasteiger partial charge in [-0.15, -0.1) is 0 Å². The number of aliphatic hydroxyl groups excluding tert-OH is 1. The van der Waals surface area contributed by atoms with Crippen LogP contribution in [0.3, 0.4) is 0 Å². The van der Waals surface area contributed by atoms with E-state index < -0.39 is 132 Å². The number of aliphatic hydroxyl groups is 1. The first-order chi connectivity index (χ1) is 35.4. The minimum Gasteiger partial charge on any atom is -0.497 e. The summed E-state index contributed by atoms with van der Waals surface area (Å²) >= 11 is 0. The molecule has 4 fully saturated rings. The Bertz CT molecular complexity index is 2260. The molecule has 20 nitrogen and oxygen atoms in total. The van der Waals surface area contributed by atoms with Gasteiger partial charge in [0.05, 0.1) is 25.7 Å². The molecule has 4 N–H and O–H groups in total. The number of esters is 2. The van der Waals surface area contributed by atoms with Crippen LogP contribution in [0.15, 0.2) is 36.9 Å². The van der Waals surface area contributed by atoms with Crippen molar-refractivity contribution in [2.24, 2.45) is 23.7 Å². The number of rotatable bonds is 14. The lowest BCUT2D eigenvalue weighted by molar-refractivity contribution is -0.162. The van der Waals surface area contributed by atoms with E-state index in [0.717, 1.165) is 0 Å². The van der Waals surface area contributed by atoms with Crippen molar-refractivity contribution in [2.45, 2.75) is 187 Å². The van der Waals surface area contributed by atoms with E-state index >= 15 is 0 Å². The van der Waals surface area contributed by atoms with Gasteiger partial charge in [0.15, 0.2) is 6.10 Å². The molecule has 0 aromatic heterocycles. The number of likely N-dealkylation sites (N-methyl/N-ethyl adjacent to an activating group) is 1. The summed E-state index contributed by atoms with van der Waals surface area (Å²) in [6.45, 7) is 20.1. The van der Waals surface area contributed by atoms with E-state index in [9.17, 15) is 48.3 Å². The topological polar surface area (TPSA) is 251 Å². The molecule has 4 aliphatic heterocycles. The number of methoxy groups -OCH3 is 1. The lowest BCUT2D eigenvalue weighted by atomic mass is 9.92. The third-order valence-corrected chi connectivity index (χ3v) is 15.4. The van der Waals surface area contributed by atoms with Crippen molar-refractivity contribution in [1.82, 2.24) is 35.6 Å². The quantitative estimate of drug-likeness (QED) is 0.155. The van der Waals surface area contributed by atoms with Crippen LogP contribution in [-0.2, 0) is 59.0 Å². The van der Waals surface area contributed by atoms with Gasteiger partial charge >= 0.3 is 11.9 Å². The third-order valence-electron chi connectivity index (χ3n) is 15.4. The summed E-state index contributed by atoms with van der Waals surface area (Å²) in [7, 11) is 2.94. The maximum Gasteiger partial charge on any atom is 0.329 e. The van der Waals surface area contributed by atoms with Gasteiger partial charge in [-0.05, 0) is 99.3 Å². The van der Waals surface area contributed by atoms with E-state index in [2.05, 4.69) is 22.5 Å². The molecule has 0 bridgehead atoms. The number of benzene rings is 1. The maximum absolute atomic E-state index is 15.0. The van der Waals surface area contributed by atoms with Gasteiger partial charge in [0.2, 0.25) is 35.4 Å². The molecule has 0 radical (unpaired) electrons. The van der Waals surface area contributed by atoms with Crippen LogP contribution in [0.4, 0.5) is 0 Å². The second kappa shape index (κ2) is 26.1. The van der Waals surface area contributed by atoms with Crippen LogP contribution in [-0.4, -0.2) is 172 Å². The highest BCUT2D eigenvalue weighted by molar-refractivity contribution is 6.00. The molecular weight excluding hydrogens is 967 g/mol. The predicted molar refractivity (Wildman–Crippen MR) is 277 cm³/mol. The van der Waals surface area contributed by atoms with E-state index in [1.165, 1.54) is 46.8 Å². The van der Waals surface area contributed by atoms with Crippen LogP contribution in [0.25, 0.3) is 0 Å². The zero-order valence-electron chi connectivity index (χ0n) is 45.9. The number of carbonyl (C=O) groups excluding carboxylic acids is 9. The molecule has 0 aliphatic carbocycles. The molecule has 5 rings (SSSR count). The van der Waals surface area contributed by atoms with Crippen molar-refractivity contribution in [2.75, 3.05) is 33.8 Å². The van der Waals surface area contributed by atoms with Gasteiger partial charge in [-0.1, -0.05) is 80.5 Å². The number of nitrogens with one attached hydrogen (secondary N) is 3. The van der Waals surface area contributed by atoms with Crippen molar-refractivity contribution < 1.29 is 62.5 Å². The van der Waals surface area contributed by atoms with E-state index in [1.54, 1.807) is 45.0 Å². The van der Waals surface area contributed by atoms with Gasteiger partial charge in [-0.25, -0.2) is 4.79 Å². The van der Waals surface area contributed by atoms with Crippen LogP contribution < -0.4 is 20.7 Å². The molecule has 7 amide bonds. The van der Waals surface area contributed by atoms with Crippen LogP contribution >= 0.6 is 0 Å². The Balaban J connectivity index is 1.61. The van der Waals surface area contributed by atoms with Gasteiger partial charge in [-0.2, -0.15) is 0 Å². The van der Waals surface area contributed by atoms with Crippen LogP contribution in [0.1, 0.15) is 126 Å². The Morgan fingerprint density at radius 2 is 1.59 bits per heavy atom. The average molecular weight is 1050 g/mol. The number of fused-ring (bicyclic) bond motifs is 1. The van der Waals surface area contributed by atoms with E-state index in [-0.39, 0.29) is 57.0 Å². The molecule has 4 saturated heterocycles. The van der Waals surface area contributed by atoms with Gasteiger partial charge < -0.3 is 54.9 Å². The minimum absolute atomic E-state index is 0.0821. The summed E-state index contributed by atoms with van der Waals surface area (Å²) < 4.78 is 17.3. The predicted octanol–water partition coefficient (Wildman–Crippen LogP) is 3.06. The second-order valence-corrected chi connectivity index (χ2v) is 22.1. The number of carbonyl (C=O) groups is 9. The molecule has 1 aromatic carbocycles. The summed E-state index contributed by atoms with van der Waals surface area (Å²) in [6, 6.07) is -0.649. The zero-order valence-corrected chi connectivity index (χ0v) is 45.9. The second-order valence-electron chi connectivity index (χ2n) is 22.1. The summed E-state index contributed by atoms with van der Waals surface area (Å²) in [5.41, 5.74) is -0.557. The van der Waals surface area contributed by atoms with Crippen LogP contribution in [0.2, 0.25) is 0 Å². The molecule has 4 aliphatic rings. The molecule has 2 unspecified atom stereocenters. The van der Waals surface area contributed by atoms with Gasteiger partial charge in [0.1, 0.15) is 47.6 Å². The summed E-state index contributed by atoms with van der Waals surface area (Å²) in [6.07, 6.45) is -1.34. The van der Waals surface area contributed by atoms with Gasteiger partial charge in [0, 0.05) is 33.1 Å². The van der Waals surface area contributed by atoms with Crippen LogP contribution in [0.5, 0.6) is 5.75 Å². The normalized spacial score (nSPS) is 28.7. The number of cyclic esters (lactones) is 2. The maximum atomic E-state index is 15.0. The van der Waals surface area contributed by atoms with Crippen molar-refractivity contribution in [3.63, 3.8) is 0 Å². The minimum atomic E-state index is -1.69. The average Bonchev–Trinajstić information content (AvgIpc) is 4.12. The fraction of sp³-hybridized carbons (Fsp3) is 0.691. The molecule has 11 atom stereocenters. The monoisotopic (exact) mass is 1050 g/mol. The molecular formula is C55H83N7O13. The highest BCUT2D eigenvalue weighted by atomic mass is 16.6. The zero-order chi connectivity index (χ0) is 55.6. The lowest BCUT2D eigenvalue weighted by Crippen LogP contribution is -2.62. The number of ether oxygens (including phenoxy) is 3. The lowest BCUT2D eigenvalue weighted by Gasteiger charge is -2.36. The number of amides is 7. The molecule has 20 heteroatoms. The summed E-state index contributed by atoms with van der Waals surface area (Å²) in [5, 5.41) is 20.3. The number of hydrogen-bond acceptors (Lipinski definition) is 13. The summed E-state index contributed by atoms with van der Waals surface area (Å²) in [4.78, 5) is 135. The fourth-order valence-corrected chi connectivity index (χ4v) is 11.0. The smallest absolute Gasteiger partial charge is 0.329 e. The first-order valence-corrected chi connectivity index (χ1v) is 26.8. The number of nitrogens with zero attached hydrogens (tertiary/aromatic N) is 4. The Labute approximate surface area is 442 Å². The Morgan fingerprint density at radius 3 is 2.19 bits per heavy atom. The van der Waals surface area contributed by atoms with E-state index in [1.807, 2.05) is 34.6 Å². The standard InChI is InChI=1S/C55H83N7O13/c1-13-34(9)45-42(63)30-44(65)75-47(33(7)8)50(68)56-38(27-31(3)4)51(69)60-24-15-17-39(60)52(70)59(11)41(29-36-18-20-37(73-12)21-19-36)53(71)74-35(10)46(49(67)57-45)58-48(66)40(28-32(5)6)61-26-23-55(54(61)72)22-16-25-62(55)43(64)14-2/h14,18-21,31-35,38-42,45-47,63H,2,13,15-17,22-30H2,1,3-12H3,(H,56,68)(H,57,67)(H,58,66)/t34-,35+,38-,39-,40?,41-,42-,45+,46-,47-,55?/m0/s1.